The van der Waals surface area contributed by atoms with E-state index in [4.69, 9.17) is 9.47 Å². The van der Waals surface area contributed by atoms with Crippen LogP contribution in [0.4, 0.5) is 4.39 Å². The molecule has 0 amide bonds. The van der Waals surface area contributed by atoms with Crippen LogP contribution in [-0.2, 0) is 4.74 Å². The fraction of sp³-hybridized carbons (Fsp3) is 0.222. The van der Waals surface area contributed by atoms with Gasteiger partial charge in [0.1, 0.15) is 11.6 Å². The zero-order chi connectivity index (χ0) is 17.0. The number of esters is 1. The molecule has 0 aromatic heterocycles. The SMILES string of the molecule is COc1ccc(C(=O)[C@@H](C)OC(=O)c2ccc(C)c(F)c2)cc1. The summed E-state index contributed by atoms with van der Waals surface area (Å²) in [4.78, 5) is 24.2. The summed E-state index contributed by atoms with van der Waals surface area (Å²) in [5.41, 5.74) is 0.910. The number of ether oxygens (including phenoxy) is 2. The second-order valence-corrected chi connectivity index (χ2v) is 5.10. The monoisotopic (exact) mass is 316 g/mol. The van der Waals surface area contributed by atoms with Crippen LogP contribution in [0.5, 0.6) is 5.75 Å². The average Bonchev–Trinajstić information content (AvgIpc) is 2.56. The third-order valence-corrected chi connectivity index (χ3v) is 3.44. The number of benzene rings is 2. The summed E-state index contributed by atoms with van der Waals surface area (Å²) in [6, 6.07) is 10.5. The second-order valence-electron chi connectivity index (χ2n) is 5.10. The smallest absolute Gasteiger partial charge is 0.338 e. The summed E-state index contributed by atoms with van der Waals surface area (Å²) in [5.74, 6) is -0.943. The van der Waals surface area contributed by atoms with Crippen LogP contribution in [0.15, 0.2) is 42.5 Å². The maximum atomic E-state index is 13.5. The molecule has 2 aromatic rings. The molecule has 0 saturated carbocycles. The van der Waals surface area contributed by atoms with Crippen molar-refractivity contribution >= 4 is 11.8 Å². The minimum absolute atomic E-state index is 0.0717. The third kappa shape index (κ3) is 3.94. The Morgan fingerprint density at radius 3 is 2.22 bits per heavy atom. The quantitative estimate of drug-likeness (QED) is 0.625. The molecule has 2 aromatic carbocycles. The Morgan fingerprint density at radius 1 is 1.04 bits per heavy atom. The molecule has 120 valence electrons. The zero-order valence-corrected chi connectivity index (χ0v) is 13.1. The standard InChI is InChI=1S/C18H17FO4/c1-11-4-5-14(10-16(11)19)18(21)23-12(2)17(20)13-6-8-15(22-3)9-7-13/h4-10,12H,1-3H3/t12-/m1/s1. The first kappa shape index (κ1) is 16.7. The first-order valence-electron chi connectivity index (χ1n) is 7.07. The molecule has 0 aliphatic heterocycles. The topological polar surface area (TPSA) is 52.6 Å². The van der Waals surface area contributed by atoms with E-state index in [1.165, 1.54) is 26.2 Å². The van der Waals surface area contributed by atoms with Gasteiger partial charge in [-0.25, -0.2) is 9.18 Å². The van der Waals surface area contributed by atoms with Crippen molar-refractivity contribution in [3.05, 3.63) is 65.0 Å². The predicted octanol–water partition coefficient (Wildman–Crippen LogP) is 3.57. The highest BCUT2D eigenvalue weighted by molar-refractivity contribution is 6.01. The van der Waals surface area contributed by atoms with Gasteiger partial charge >= 0.3 is 5.97 Å². The summed E-state index contributed by atoms with van der Waals surface area (Å²) >= 11 is 0. The minimum Gasteiger partial charge on any atom is -0.497 e. The zero-order valence-electron chi connectivity index (χ0n) is 13.1. The van der Waals surface area contributed by atoms with Crippen LogP contribution in [0.25, 0.3) is 0 Å². The van der Waals surface area contributed by atoms with Gasteiger partial charge in [-0.3, -0.25) is 4.79 Å². The van der Waals surface area contributed by atoms with Crippen LogP contribution >= 0.6 is 0 Å². The van der Waals surface area contributed by atoms with Gasteiger partial charge in [0.05, 0.1) is 12.7 Å². The Labute approximate surface area is 133 Å². The van der Waals surface area contributed by atoms with Crippen LogP contribution in [0.1, 0.15) is 33.2 Å². The van der Waals surface area contributed by atoms with Gasteiger partial charge in [0.15, 0.2) is 6.10 Å². The number of carbonyl (C=O) groups is 2. The molecule has 23 heavy (non-hydrogen) atoms. The van der Waals surface area contributed by atoms with E-state index in [1.807, 2.05) is 0 Å². The molecule has 0 fully saturated rings. The molecule has 0 unspecified atom stereocenters. The van der Waals surface area contributed by atoms with Crippen LogP contribution in [0, 0.1) is 12.7 Å². The Morgan fingerprint density at radius 2 is 1.65 bits per heavy atom. The summed E-state index contributed by atoms with van der Waals surface area (Å²) in [5, 5.41) is 0. The Bertz CT molecular complexity index is 722. The predicted molar refractivity (Wildman–Crippen MR) is 83.3 cm³/mol. The van der Waals surface area contributed by atoms with Crippen molar-refractivity contribution < 1.29 is 23.5 Å². The number of ketones is 1. The van der Waals surface area contributed by atoms with Crippen molar-refractivity contribution in [1.82, 2.24) is 0 Å². The third-order valence-electron chi connectivity index (χ3n) is 3.44. The molecule has 2 rings (SSSR count). The number of carbonyl (C=O) groups excluding carboxylic acids is 2. The highest BCUT2D eigenvalue weighted by Gasteiger charge is 2.21. The van der Waals surface area contributed by atoms with E-state index < -0.39 is 17.9 Å². The number of hydrogen-bond donors (Lipinski definition) is 0. The van der Waals surface area contributed by atoms with Crippen molar-refractivity contribution in [2.24, 2.45) is 0 Å². The number of hydrogen-bond acceptors (Lipinski definition) is 4. The summed E-state index contributed by atoms with van der Waals surface area (Å²) in [6.45, 7) is 3.08. The van der Waals surface area contributed by atoms with Gasteiger partial charge in [0.2, 0.25) is 5.78 Å². The van der Waals surface area contributed by atoms with Gasteiger partial charge < -0.3 is 9.47 Å². The summed E-state index contributed by atoms with van der Waals surface area (Å²) in [6.07, 6.45) is -0.972. The first-order valence-corrected chi connectivity index (χ1v) is 7.07. The molecule has 0 radical (unpaired) electrons. The van der Waals surface area contributed by atoms with Crippen molar-refractivity contribution in [3.8, 4) is 5.75 Å². The first-order chi connectivity index (χ1) is 10.9. The molecular weight excluding hydrogens is 299 g/mol. The van der Waals surface area contributed by atoms with Crippen LogP contribution in [-0.4, -0.2) is 25.0 Å². The number of methoxy groups -OCH3 is 1. The molecule has 5 heteroatoms. The van der Waals surface area contributed by atoms with Gasteiger partial charge in [-0.05, 0) is 55.8 Å². The normalized spacial score (nSPS) is 11.7. The fourth-order valence-corrected chi connectivity index (χ4v) is 1.99. The molecular formula is C18H17FO4. The Kier molecular flexibility index (Phi) is 5.11. The molecule has 0 aliphatic carbocycles. The van der Waals surface area contributed by atoms with Gasteiger partial charge in [-0.15, -0.1) is 0 Å². The summed E-state index contributed by atoms with van der Waals surface area (Å²) < 4.78 is 23.6. The van der Waals surface area contributed by atoms with E-state index in [2.05, 4.69) is 0 Å². The lowest BCUT2D eigenvalue weighted by atomic mass is 10.1. The van der Waals surface area contributed by atoms with Crippen molar-refractivity contribution in [2.75, 3.05) is 7.11 Å². The number of halogens is 1. The van der Waals surface area contributed by atoms with Gasteiger partial charge in [-0.2, -0.15) is 0 Å². The van der Waals surface area contributed by atoms with E-state index in [1.54, 1.807) is 31.2 Å². The molecule has 0 spiro atoms. The lowest BCUT2D eigenvalue weighted by molar-refractivity contribution is 0.0318. The van der Waals surface area contributed by atoms with Crippen LogP contribution in [0.3, 0.4) is 0 Å². The summed E-state index contributed by atoms with van der Waals surface area (Å²) in [7, 11) is 1.53. The fourth-order valence-electron chi connectivity index (χ4n) is 1.99. The van der Waals surface area contributed by atoms with Crippen LogP contribution in [0.2, 0.25) is 0 Å². The highest BCUT2D eigenvalue weighted by Crippen LogP contribution is 2.15. The largest absolute Gasteiger partial charge is 0.497 e. The van der Waals surface area contributed by atoms with Crippen molar-refractivity contribution in [3.63, 3.8) is 0 Å². The van der Waals surface area contributed by atoms with E-state index in [9.17, 15) is 14.0 Å². The maximum Gasteiger partial charge on any atom is 0.338 e. The molecule has 1 atom stereocenters. The van der Waals surface area contributed by atoms with E-state index >= 15 is 0 Å². The molecule has 0 N–H and O–H groups in total. The Hall–Kier alpha value is -2.69. The average molecular weight is 316 g/mol. The van der Waals surface area contributed by atoms with E-state index in [0.29, 0.717) is 16.9 Å². The van der Waals surface area contributed by atoms with Gasteiger partial charge in [-0.1, -0.05) is 6.07 Å². The molecule has 0 aliphatic rings. The number of aryl methyl sites for hydroxylation is 1. The van der Waals surface area contributed by atoms with Gasteiger partial charge in [0, 0.05) is 5.56 Å². The van der Waals surface area contributed by atoms with Gasteiger partial charge in [0.25, 0.3) is 0 Å². The van der Waals surface area contributed by atoms with Crippen molar-refractivity contribution in [1.29, 1.82) is 0 Å². The number of rotatable bonds is 5. The van der Waals surface area contributed by atoms with Crippen molar-refractivity contribution in [2.45, 2.75) is 20.0 Å². The molecule has 0 bridgehead atoms. The van der Waals surface area contributed by atoms with E-state index in [0.717, 1.165) is 6.07 Å². The minimum atomic E-state index is -0.972. The maximum absolute atomic E-state index is 13.5. The lowest BCUT2D eigenvalue weighted by Gasteiger charge is -2.13. The molecule has 0 heterocycles. The van der Waals surface area contributed by atoms with Crippen LogP contribution < -0.4 is 4.74 Å². The second kappa shape index (κ2) is 7.05. The van der Waals surface area contributed by atoms with E-state index in [-0.39, 0.29) is 11.3 Å². The lowest BCUT2D eigenvalue weighted by Crippen LogP contribution is -2.24. The number of Topliss-reactive ketones (excluding diaryl/α,β-unsaturated/α-hetero) is 1. The highest BCUT2D eigenvalue weighted by atomic mass is 19.1. The molecule has 4 nitrogen and oxygen atoms in total. The Balaban J connectivity index is 2.07. The molecule has 0 saturated heterocycles.